The fourth-order valence-corrected chi connectivity index (χ4v) is 3.42. The van der Waals surface area contributed by atoms with E-state index in [0.717, 1.165) is 60.7 Å². The monoisotopic (exact) mass is 331 g/mol. The van der Waals surface area contributed by atoms with E-state index in [9.17, 15) is 8.78 Å². The number of hydrogen-bond acceptors (Lipinski definition) is 4. The Bertz CT molecular complexity index is 766. The van der Waals surface area contributed by atoms with Crippen LogP contribution in [-0.2, 0) is 12.8 Å². The van der Waals surface area contributed by atoms with E-state index in [0.29, 0.717) is 6.04 Å². The molecule has 1 aromatic heterocycles. The molecule has 1 atom stereocenters. The maximum absolute atomic E-state index is 12.5. The van der Waals surface area contributed by atoms with Gasteiger partial charge in [0.15, 0.2) is 0 Å². The van der Waals surface area contributed by atoms with E-state index in [1.807, 2.05) is 6.07 Å². The molecule has 1 fully saturated rings. The Morgan fingerprint density at radius 1 is 1.25 bits per heavy atom. The topological polar surface area (TPSA) is 38.2 Å². The van der Waals surface area contributed by atoms with Crippen molar-refractivity contribution in [3.8, 4) is 17.0 Å². The molecule has 126 valence electrons. The second-order valence-electron chi connectivity index (χ2n) is 6.39. The number of hydrogen-bond donors (Lipinski definition) is 0. The molecule has 0 unspecified atom stereocenters. The molecule has 1 saturated heterocycles. The first-order valence-corrected chi connectivity index (χ1v) is 8.33. The molecule has 1 aliphatic carbocycles. The molecular formula is C18H19F2N3O. The summed E-state index contributed by atoms with van der Waals surface area (Å²) in [4.78, 5) is 11.7. The van der Waals surface area contributed by atoms with Crippen molar-refractivity contribution in [3.05, 3.63) is 35.5 Å². The SMILES string of the molecule is C[C@H]1CCN1c1nc2c(c(-c3cccc(OC(F)F)c3)n1)CCC2. The molecule has 4 nitrogen and oxygen atoms in total. The maximum Gasteiger partial charge on any atom is 0.387 e. The van der Waals surface area contributed by atoms with Gasteiger partial charge in [-0.3, -0.25) is 0 Å². The molecule has 1 aliphatic heterocycles. The van der Waals surface area contributed by atoms with Crippen molar-refractivity contribution in [1.29, 1.82) is 0 Å². The van der Waals surface area contributed by atoms with Gasteiger partial charge in [-0.05, 0) is 44.7 Å². The zero-order valence-corrected chi connectivity index (χ0v) is 13.5. The second kappa shape index (κ2) is 6.00. The summed E-state index contributed by atoms with van der Waals surface area (Å²) >= 11 is 0. The van der Waals surface area contributed by atoms with Crippen LogP contribution in [0, 0.1) is 0 Å². The van der Waals surface area contributed by atoms with Gasteiger partial charge in [0.25, 0.3) is 0 Å². The normalized spacial score (nSPS) is 19.3. The Labute approximate surface area is 139 Å². The lowest BCUT2D eigenvalue weighted by atomic mass is 10.0. The van der Waals surface area contributed by atoms with E-state index in [1.54, 1.807) is 12.1 Å². The predicted octanol–water partition coefficient (Wildman–Crippen LogP) is 3.83. The van der Waals surface area contributed by atoms with Crippen molar-refractivity contribution in [3.63, 3.8) is 0 Å². The van der Waals surface area contributed by atoms with Crippen LogP contribution in [0.15, 0.2) is 24.3 Å². The Morgan fingerprint density at radius 2 is 2.12 bits per heavy atom. The summed E-state index contributed by atoms with van der Waals surface area (Å²) in [5.41, 5.74) is 3.89. The lowest BCUT2D eigenvalue weighted by Crippen LogP contribution is -2.46. The van der Waals surface area contributed by atoms with Gasteiger partial charge < -0.3 is 9.64 Å². The van der Waals surface area contributed by atoms with E-state index in [2.05, 4.69) is 16.6 Å². The first-order chi connectivity index (χ1) is 11.6. The van der Waals surface area contributed by atoms with Crippen molar-refractivity contribution >= 4 is 5.95 Å². The van der Waals surface area contributed by atoms with Crippen LogP contribution in [0.3, 0.4) is 0 Å². The van der Waals surface area contributed by atoms with E-state index in [4.69, 9.17) is 9.97 Å². The first kappa shape index (κ1) is 15.3. The lowest BCUT2D eigenvalue weighted by Gasteiger charge is -2.39. The quantitative estimate of drug-likeness (QED) is 0.853. The summed E-state index contributed by atoms with van der Waals surface area (Å²) in [6.07, 6.45) is 4.09. The van der Waals surface area contributed by atoms with Crippen molar-refractivity contribution in [2.24, 2.45) is 0 Å². The number of aryl methyl sites for hydroxylation is 1. The molecule has 1 aromatic carbocycles. The van der Waals surface area contributed by atoms with Gasteiger partial charge in [0.1, 0.15) is 5.75 Å². The highest BCUT2D eigenvalue weighted by atomic mass is 19.3. The molecule has 6 heteroatoms. The minimum absolute atomic E-state index is 0.159. The third-order valence-electron chi connectivity index (χ3n) is 4.83. The van der Waals surface area contributed by atoms with Gasteiger partial charge in [-0.15, -0.1) is 0 Å². The summed E-state index contributed by atoms with van der Waals surface area (Å²) in [6.45, 7) is 0.305. The number of alkyl halides is 2. The smallest absolute Gasteiger partial charge is 0.387 e. The Hall–Kier alpha value is -2.24. The van der Waals surface area contributed by atoms with Crippen LogP contribution in [0.1, 0.15) is 31.0 Å². The molecule has 0 amide bonds. The number of nitrogens with zero attached hydrogens (tertiary/aromatic N) is 3. The molecule has 2 heterocycles. The molecule has 0 N–H and O–H groups in total. The second-order valence-corrected chi connectivity index (χ2v) is 6.39. The molecule has 2 aliphatic rings. The van der Waals surface area contributed by atoms with Gasteiger partial charge in [-0.25, -0.2) is 9.97 Å². The lowest BCUT2D eigenvalue weighted by molar-refractivity contribution is -0.0498. The van der Waals surface area contributed by atoms with E-state index in [-0.39, 0.29) is 5.75 Å². The van der Waals surface area contributed by atoms with Crippen LogP contribution in [0.5, 0.6) is 5.75 Å². The van der Waals surface area contributed by atoms with Gasteiger partial charge in [-0.2, -0.15) is 8.78 Å². The molecule has 0 bridgehead atoms. The Morgan fingerprint density at radius 3 is 2.83 bits per heavy atom. The molecular weight excluding hydrogens is 312 g/mol. The molecule has 4 rings (SSSR count). The fourth-order valence-electron chi connectivity index (χ4n) is 3.42. The van der Waals surface area contributed by atoms with Crippen molar-refractivity contribution < 1.29 is 13.5 Å². The minimum atomic E-state index is -2.83. The summed E-state index contributed by atoms with van der Waals surface area (Å²) in [5, 5.41) is 0. The fraction of sp³-hybridized carbons (Fsp3) is 0.444. The van der Waals surface area contributed by atoms with Crippen LogP contribution in [0.2, 0.25) is 0 Å². The summed E-state index contributed by atoms with van der Waals surface area (Å²) in [7, 11) is 0. The van der Waals surface area contributed by atoms with Crippen LogP contribution in [0.25, 0.3) is 11.3 Å². The highest BCUT2D eigenvalue weighted by molar-refractivity contribution is 5.68. The highest BCUT2D eigenvalue weighted by Gasteiger charge is 2.29. The molecule has 0 spiro atoms. The Balaban J connectivity index is 1.77. The summed E-state index contributed by atoms with van der Waals surface area (Å²) in [5.74, 6) is 0.913. The zero-order chi connectivity index (χ0) is 16.7. The van der Waals surface area contributed by atoms with Crippen LogP contribution in [0.4, 0.5) is 14.7 Å². The van der Waals surface area contributed by atoms with E-state index in [1.165, 1.54) is 6.07 Å². The third kappa shape index (κ3) is 2.70. The van der Waals surface area contributed by atoms with E-state index >= 15 is 0 Å². The number of anilines is 1. The number of rotatable bonds is 4. The molecule has 0 radical (unpaired) electrons. The van der Waals surface area contributed by atoms with Gasteiger partial charge in [-0.1, -0.05) is 12.1 Å². The van der Waals surface area contributed by atoms with Gasteiger partial charge in [0, 0.05) is 29.4 Å². The van der Waals surface area contributed by atoms with Crippen molar-refractivity contribution in [1.82, 2.24) is 9.97 Å². The number of halogens is 2. The van der Waals surface area contributed by atoms with Crippen molar-refractivity contribution in [2.75, 3.05) is 11.4 Å². The van der Waals surface area contributed by atoms with E-state index < -0.39 is 6.61 Å². The standard InChI is InChI=1S/C18H19F2N3O/c1-11-8-9-23(11)18-21-15-7-3-6-14(15)16(22-18)12-4-2-5-13(10-12)24-17(19)20/h2,4-5,10-11,17H,3,6-9H2,1H3/t11-/m0/s1. The van der Waals surface area contributed by atoms with Gasteiger partial charge >= 0.3 is 6.61 Å². The molecule has 24 heavy (non-hydrogen) atoms. The summed E-state index contributed by atoms with van der Waals surface area (Å²) < 4.78 is 29.5. The zero-order valence-electron chi connectivity index (χ0n) is 13.5. The van der Waals surface area contributed by atoms with Gasteiger partial charge in [0.05, 0.1) is 5.69 Å². The van der Waals surface area contributed by atoms with Crippen LogP contribution < -0.4 is 9.64 Å². The number of ether oxygens (including phenoxy) is 1. The maximum atomic E-state index is 12.5. The average molecular weight is 331 g/mol. The predicted molar refractivity (Wildman–Crippen MR) is 87.6 cm³/mol. The van der Waals surface area contributed by atoms with Crippen LogP contribution >= 0.6 is 0 Å². The number of fused-ring (bicyclic) bond motifs is 1. The molecule has 0 saturated carbocycles. The largest absolute Gasteiger partial charge is 0.435 e. The van der Waals surface area contributed by atoms with Gasteiger partial charge in [0.2, 0.25) is 5.95 Å². The summed E-state index contributed by atoms with van der Waals surface area (Å²) in [6, 6.07) is 7.24. The van der Waals surface area contributed by atoms with Crippen LogP contribution in [-0.4, -0.2) is 29.2 Å². The highest BCUT2D eigenvalue weighted by Crippen LogP contribution is 2.35. The number of aromatic nitrogens is 2. The Kier molecular flexibility index (Phi) is 3.82. The average Bonchev–Trinajstić information content (AvgIpc) is 3.00. The molecule has 2 aromatic rings. The van der Waals surface area contributed by atoms with Crippen molar-refractivity contribution in [2.45, 2.75) is 45.3 Å². The third-order valence-corrected chi connectivity index (χ3v) is 4.83. The number of benzene rings is 1. The minimum Gasteiger partial charge on any atom is -0.435 e. The first-order valence-electron chi connectivity index (χ1n) is 8.33.